The fraction of sp³-hybridized carbons (Fsp3) is 0.632. The second-order valence-electron chi connectivity index (χ2n) is 7.56. The largest absolute Gasteiger partial charge is 0.356 e. The van der Waals surface area contributed by atoms with Crippen molar-refractivity contribution in [3.05, 3.63) is 35.6 Å². The van der Waals surface area contributed by atoms with Crippen LogP contribution in [0.1, 0.15) is 18.4 Å². The predicted octanol–water partition coefficient (Wildman–Crippen LogP) is 1.64. The van der Waals surface area contributed by atoms with E-state index < -0.39 is 0 Å². The zero-order valence-corrected chi connectivity index (χ0v) is 17.7. The van der Waals surface area contributed by atoms with Gasteiger partial charge >= 0.3 is 0 Å². The normalized spacial score (nSPS) is 29.0. The van der Waals surface area contributed by atoms with Crippen LogP contribution in [0.4, 0.5) is 4.39 Å². The molecule has 26 heavy (non-hydrogen) atoms. The third kappa shape index (κ3) is 4.14. The number of piperazine rings is 3. The summed E-state index contributed by atoms with van der Waals surface area (Å²) < 4.78 is 14.1. The summed E-state index contributed by atoms with van der Waals surface area (Å²) >= 11 is 0. The second kappa shape index (κ2) is 8.39. The van der Waals surface area contributed by atoms with Gasteiger partial charge in [-0.15, -0.1) is 24.0 Å². The second-order valence-corrected chi connectivity index (χ2v) is 7.56. The maximum absolute atomic E-state index is 14.1. The molecule has 0 spiro atoms. The molecule has 1 aliphatic carbocycles. The molecule has 0 radical (unpaired) electrons. The number of guanidine groups is 1. The third-order valence-electron chi connectivity index (χ3n) is 6.01. The van der Waals surface area contributed by atoms with Gasteiger partial charge in [0.25, 0.3) is 0 Å². The first-order valence-electron chi connectivity index (χ1n) is 9.36. The lowest BCUT2D eigenvalue weighted by molar-refractivity contribution is 0.0154. The molecule has 0 aromatic heterocycles. The first-order valence-corrected chi connectivity index (χ1v) is 9.36. The zero-order chi connectivity index (χ0) is 17.3. The van der Waals surface area contributed by atoms with Crippen molar-refractivity contribution in [2.24, 2.45) is 4.99 Å². The van der Waals surface area contributed by atoms with Gasteiger partial charge in [0.2, 0.25) is 0 Å². The summed E-state index contributed by atoms with van der Waals surface area (Å²) in [7, 11) is 1.80. The van der Waals surface area contributed by atoms with Gasteiger partial charge < -0.3 is 10.6 Å². The van der Waals surface area contributed by atoms with Crippen molar-refractivity contribution < 1.29 is 4.39 Å². The van der Waals surface area contributed by atoms with Crippen LogP contribution in [0.25, 0.3) is 0 Å². The smallest absolute Gasteiger partial charge is 0.191 e. The topological polar surface area (TPSA) is 42.9 Å². The molecule has 1 unspecified atom stereocenters. The number of nitrogens with one attached hydrogen (secondary N) is 2. The lowest BCUT2D eigenvalue weighted by Gasteiger charge is -2.47. The van der Waals surface area contributed by atoms with E-state index >= 15 is 0 Å². The van der Waals surface area contributed by atoms with E-state index in [0.29, 0.717) is 6.04 Å². The SMILES string of the molecule is CN=C(NCC1CN2CCN1CC2)NCC1(c2ccccc2F)CC1.I. The Kier molecular flexibility index (Phi) is 6.40. The van der Waals surface area contributed by atoms with Crippen molar-refractivity contribution in [2.75, 3.05) is 52.9 Å². The Morgan fingerprint density at radius 3 is 2.50 bits per heavy atom. The van der Waals surface area contributed by atoms with Crippen LogP contribution < -0.4 is 10.6 Å². The number of rotatable bonds is 5. The summed E-state index contributed by atoms with van der Waals surface area (Å²) in [5.41, 5.74) is 0.767. The van der Waals surface area contributed by atoms with E-state index in [1.165, 1.54) is 26.2 Å². The Balaban J connectivity index is 0.00000196. The summed E-state index contributed by atoms with van der Waals surface area (Å²) in [6, 6.07) is 7.72. The van der Waals surface area contributed by atoms with Gasteiger partial charge in [-0.3, -0.25) is 14.8 Å². The van der Waals surface area contributed by atoms with Crippen molar-refractivity contribution in [1.82, 2.24) is 20.4 Å². The molecule has 1 atom stereocenters. The third-order valence-corrected chi connectivity index (χ3v) is 6.01. The predicted molar refractivity (Wildman–Crippen MR) is 114 cm³/mol. The van der Waals surface area contributed by atoms with Crippen molar-refractivity contribution in [3.63, 3.8) is 0 Å². The first-order chi connectivity index (χ1) is 12.2. The van der Waals surface area contributed by atoms with Crippen LogP contribution >= 0.6 is 24.0 Å². The van der Waals surface area contributed by atoms with Crippen LogP contribution in [0.2, 0.25) is 0 Å². The minimum atomic E-state index is -0.0928. The number of halogens is 2. The number of benzene rings is 1. The molecule has 1 saturated carbocycles. The van der Waals surface area contributed by atoms with Crippen LogP contribution in [0.15, 0.2) is 29.3 Å². The average Bonchev–Trinajstić information content (AvgIpc) is 3.44. The fourth-order valence-electron chi connectivity index (χ4n) is 4.19. The minimum absolute atomic E-state index is 0. The molecule has 7 heteroatoms. The summed E-state index contributed by atoms with van der Waals surface area (Å²) in [5, 5.41) is 6.89. The van der Waals surface area contributed by atoms with Crippen LogP contribution in [-0.2, 0) is 5.41 Å². The molecule has 5 nitrogen and oxygen atoms in total. The van der Waals surface area contributed by atoms with Crippen LogP contribution in [0.5, 0.6) is 0 Å². The van der Waals surface area contributed by atoms with E-state index in [1.807, 2.05) is 12.1 Å². The molecule has 1 aromatic rings. The quantitative estimate of drug-likeness (QED) is 0.388. The van der Waals surface area contributed by atoms with E-state index in [2.05, 4.69) is 25.4 Å². The molecule has 2 bridgehead atoms. The molecule has 5 rings (SSSR count). The summed E-state index contributed by atoms with van der Waals surface area (Å²) in [5.74, 6) is 0.727. The van der Waals surface area contributed by atoms with Gasteiger partial charge in [0.15, 0.2) is 5.96 Å². The average molecular weight is 473 g/mol. The van der Waals surface area contributed by atoms with Crippen molar-refractivity contribution in [1.29, 1.82) is 0 Å². The number of aliphatic imine (C=N–C) groups is 1. The van der Waals surface area contributed by atoms with Gasteiger partial charge in [-0.25, -0.2) is 4.39 Å². The molecule has 3 heterocycles. The summed E-state index contributed by atoms with van der Waals surface area (Å²) in [6.45, 7) is 7.53. The molecule has 0 amide bonds. The highest BCUT2D eigenvalue weighted by atomic mass is 127. The van der Waals surface area contributed by atoms with Gasteiger partial charge in [-0.2, -0.15) is 0 Å². The van der Waals surface area contributed by atoms with E-state index in [-0.39, 0.29) is 35.2 Å². The first kappa shape index (κ1) is 19.8. The van der Waals surface area contributed by atoms with Crippen molar-refractivity contribution in [3.8, 4) is 0 Å². The zero-order valence-electron chi connectivity index (χ0n) is 15.4. The highest BCUT2D eigenvalue weighted by Gasteiger charge is 2.45. The molecule has 4 fully saturated rings. The Labute approximate surface area is 172 Å². The Morgan fingerprint density at radius 1 is 1.19 bits per heavy atom. The maximum atomic E-state index is 14.1. The molecular formula is C19H29FIN5. The lowest BCUT2D eigenvalue weighted by atomic mass is 9.95. The van der Waals surface area contributed by atoms with Crippen LogP contribution in [0, 0.1) is 5.82 Å². The number of fused-ring (bicyclic) bond motifs is 3. The number of hydrogen-bond acceptors (Lipinski definition) is 3. The Morgan fingerprint density at radius 2 is 1.92 bits per heavy atom. The fourth-order valence-corrected chi connectivity index (χ4v) is 4.19. The van der Waals surface area contributed by atoms with Gasteiger partial charge in [-0.05, 0) is 24.5 Å². The molecule has 3 saturated heterocycles. The van der Waals surface area contributed by atoms with E-state index in [0.717, 1.165) is 44.0 Å². The monoisotopic (exact) mass is 473 g/mol. The molecule has 1 aromatic carbocycles. The minimum Gasteiger partial charge on any atom is -0.356 e. The molecular weight excluding hydrogens is 444 g/mol. The number of nitrogens with zero attached hydrogens (tertiary/aromatic N) is 3. The van der Waals surface area contributed by atoms with Gasteiger partial charge in [0.05, 0.1) is 0 Å². The molecule has 4 aliphatic rings. The molecule has 2 N–H and O–H groups in total. The van der Waals surface area contributed by atoms with E-state index in [4.69, 9.17) is 0 Å². The number of hydrogen-bond donors (Lipinski definition) is 2. The van der Waals surface area contributed by atoms with Crippen LogP contribution in [0.3, 0.4) is 0 Å². The van der Waals surface area contributed by atoms with E-state index in [1.54, 1.807) is 19.2 Å². The Bertz CT molecular complexity index is 641. The van der Waals surface area contributed by atoms with Gasteiger partial charge in [0.1, 0.15) is 5.82 Å². The highest BCUT2D eigenvalue weighted by Crippen LogP contribution is 2.48. The molecule has 144 valence electrons. The van der Waals surface area contributed by atoms with Gasteiger partial charge in [0, 0.05) is 64.3 Å². The standard InChI is InChI=1S/C19H28FN5.HI/c1-21-18(22-12-15-13-24-8-10-25(15)11-9-24)23-14-19(6-7-19)16-4-2-3-5-17(16)20;/h2-5,15H,6-14H2,1H3,(H2,21,22,23);1H. The molecule has 3 aliphatic heterocycles. The summed E-state index contributed by atoms with van der Waals surface area (Å²) in [6.07, 6.45) is 2.06. The van der Waals surface area contributed by atoms with Crippen molar-refractivity contribution >= 4 is 29.9 Å². The van der Waals surface area contributed by atoms with Crippen LogP contribution in [-0.4, -0.2) is 74.7 Å². The summed E-state index contributed by atoms with van der Waals surface area (Å²) in [4.78, 5) is 9.46. The lowest BCUT2D eigenvalue weighted by Crippen LogP contribution is -2.64. The maximum Gasteiger partial charge on any atom is 0.191 e. The van der Waals surface area contributed by atoms with E-state index in [9.17, 15) is 4.39 Å². The van der Waals surface area contributed by atoms with Crippen molar-refractivity contribution in [2.45, 2.75) is 24.3 Å². The van der Waals surface area contributed by atoms with Gasteiger partial charge in [-0.1, -0.05) is 18.2 Å². The Hall–Kier alpha value is -0.930. The highest BCUT2D eigenvalue weighted by molar-refractivity contribution is 14.0.